The number of nitrogens with zero attached hydrogens (tertiary/aromatic N) is 2. The minimum absolute atomic E-state index is 0.00554. The van der Waals surface area contributed by atoms with E-state index in [0.717, 1.165) is 55.1 Å². The minimum atomic E-state index is -0.225. The van der Waals surface area contributed by atoms with Crippen molar-refractivity contribution in [2.45, 2.75) is 51.0 Å². The Labute approximate surface area is 186 Å². The van der Waals surface area contributed by atoms with Crippen LogP contribution in [0.4, 0.5) is 0 Å². The molecule has 1 aliphatic carbocycles. The van der Waals surface area contributed by atoms with E-state index in [2.05, 4.69) is 31.7 Å². The number of nitrogens with one attached hydrogen (secondary N) is 3. The molecule has 2 aromatic heterocycles. The predicted molar refractivity (Wildman–Crippen MR) is 120 cm³/mol. The van der Waals surface area contributed by atoms with Crippen LogP contribution in [0.1, 0.15) is 66.3 Å². The maximum atomic E-state index is 12.5. The Morgan fingerprint density at radius 2 is 2.10 bits per heavy atom. The van der Waals surface area contributed by atoms with Crippen LogP contribution in [-0.4, -0.2) is 33.3 Å². The number of halogens is 1. The van der Waals surface area contributed by atoms with Crippen LogP contribution < -0.4 is 10.6 Å². The molecule has 1 aliphatic rings. The molecule has 7 nitrogen and oxygen atoms in total. The van der Waals surface area contributed by atoms with Gasteiger partial charge in [0.25, 0.3) is 5.91 Å². The third-order valence-electron chi connectivity index (χ3n) is 5.69. The van der Waals surface area contributed by atoms with Crippen molar-refractivity contribution in [1.29, 1.82) is 0 Å². The number of rotatable bonds is 8. The minimum Gasteiger partial charge on any atom is -0.355 e. The number of carbonyl (C=O) groups excluding carboxylic acids is 2. The van der Waals surface area contributed by atoms with Crippen molar-refractivity contribution in [2.75, 3.05) is 6.54 Å². The SMILES string of the molecule is O=C(CCCCCNC(=O)c1cnccn1)NC1CCCc2c1[nH]c1c(Cl)cccc21. The number of hydrogen-bond donors (Lipinski definition) is 3. The second-order valence-corrected chi connectivity index (χ2v) is 8.26. The summed E-state index contributed by atoms with van der Waals surface area (Å²) >= 11 is 6.34. The maximum Gasteiger partial charge on any atom is 0.271 e. The zero-order chi connectivity index (χ0) is 21.6. The van der Waals surface area contributed by atoms with Crippen molar-refractivity contribution in [1.82, 2.24) is 25.6 Å². The summed E-state index contributed by atoms with van der Waals surface area (Å²) in [5, 5.41) is 7.88. The molecule has 8 heteroatoms. The Balaban J connectivity index is 1.21. The van der Waals surface area contributed by atoms with E-state index in [-0.39, 0.29) is 17.9 Å². The lowest BCUT2D eigenvalue weighted by molar-refractivity contribution is -0.122. The predicted octanol–water partition coefficient (Wildman–Crippen LogP) is 4.10. The number of hydrogen-bond acceptors (Lipinski definition) is 4. The third kappa shape index (κ3) is 5.05. The van der Waals surface area contributed by atoms with Gasteiger partial charge < -0.3 is 15.6 Å². The molecule has 1 atom stereocenters. The average molecular weight is 440 g/mol. The number of H-pyrrole nitrogens is 1. The molecule has 0 bridgehead atoms. The van der Waals surface area contributed by atoms with Gasteiger partial charge in [-0.15, -0.1) is 0 Å². The molecule has 0 saturated carbocycles. The fourth-order valence-electron chi connectivity index (χ4n) is 4.16. The summed E-state index contributed by atoms with van der Waals surface area (Å²) in [6.45, 7) is 0.554. The lowest BCUT2D eigenvalue weighted by atomic mass is 9.91. The number of para-hydroxylation sites is 1. The van der Waals surface area contributed by atoms with Crippen molar-refractivity contribution in [3.63, 3.8) is 0 Å². The summed E-state index contributed by atoms with van der Waals surface area (Å²) < 4.78 is 0. The van der Waals surface area contributed by atoms with Gasteiger partial charge in [0.1, 0.15) is 5.69 Å². The molecular formula is C23H26ClN5O2. The second-order valence-electron chi connectivity index (χ2n) is 7.85. The van der Waals surface area contributed by atoms with Gasteiger partial charge in [-0.3, -0.25) is 14.6 Å². The van der Waals surface area contributed by atoms with Crippen molar-refractivity contribution in [3.8, 4) is 0 Å². The summed E-state index contributed by atoms with van der Waals surface area (Å²) in [5.74, 6) is -0.163. The van der Waals surface area contributed by atoms with E-state index in [1.807, 2.05) is 12.1 Å². The van der Waals surface area contributed by atoms with E-state index in [9.17, 15) is 9.59 Å². The maximum absolute atomic E-state index is 12.5. The first-order valence-electron chi connectivity index (χ1n) is 10.8. The van der Waals surface area contributed by atoms with Crippen LogP contribution in [0.25, 0.3) is 10.9 Å². The lowest BCUT2D eigenvalue weighted by Crippen LogP contribution is -2.30. The highest BCUT2D eigenvalue weighted by atomic mass is 35.5. The van der Waals surface area contributed by atoms with E-state index in [1.165, 1.54) is 24.2 Å². The highest BCUT2D eigenvalue weighted by molar-refractivity contribution is 6.35. The normalized spacial score (nSPS) is 15.5. The van der Waals surface area contributed by atoms with Crippen LogP contribution in [-0.2, 0) is 11.2 Å². The van der Waals surface area contributed by atoms with Gasteiger partial charge in [-0.1, -0.05) is 30.2 Å². The van der Waals surface area contributed by atoms with E-state index >= 15 is 0 Å². The van der Waals surface area contributed by atoms with Crippen LogP contribution in [0.2, 0.25) is 5.02 Å². The first-order valence-corrected chi connectivity index (χ1v) is 11.1. The van der Waals surface area contributed by atoms with E-state index < -0.39 is 0 Å². The van der Waals surface area contributed by atoms with Crippen LogP contribution in [0, 0.1) is 0 Å². The first-order chi connectivity index (χ1) is 15.1. The molecule has 4 rings (SSSR count). The van der Waals surface area contributed by atoms with Crippen molar-refractivity contribution >= 4 is 34.3 Å². The van der Waals surface area contributed by atoms with Gasteiger partial charge in [0.2, 0.25) is 5.91 Å². The average Bonchev–Trinajstić information content (AvgIpc) is 3.18. The summed E-state index contributed by atoms with van der Waals surface area (Å²) in [6.07, 6.45) is 10.4. The Hall–Kier alpha value is -2.93. The molecule has 0 radical (unpaired) electrons. The van der Waals surface area contributed by atoms with E-state index in [4.69, 9.17) is 11.6 Å². The smallest absolute Gasteiger partial charge is 0.271 e. The summed E-state index contributed by atoms with van der Waals surface area (Å²) in [4.78, 5) is 35.7. The molecule has 162 valence electrons. The van der Waals surface area contributed by atoms with Crippen LogP contribution in [0.3, 0.4) is 0 Å². The monoisotopic (exact) mass is 439 g/mol. The number of benzene rings is 1. The summed E-state index contributed by atoms with van der Waals surface area (Å²) in [5.41, 5.74) is 3.63. The molecule has 1 aromatic carbocycles. The molecule has 0 saturated heterocycles. The van der Waals surface area contributed by atoms with Gasteiger partial charge in [-0.25, -0.2) is 4.98 Å². The number of unbranched alkanes of at least 4 members (excludes halogenated alkanes) is 2. The van der Waals surface area contributed by atoms with Crippen LogP contribution >= 0.6 is 11.6 Å². The van der Waals surface area contributed by atoms with Gasteiger partial charge >= 0.3 is 0 Å². The zero-order valence-corrected chi connectivity index (χ0v) is 18.0. The Morgan fingerprint density at radius 1 is 1.19 bits per heavy atom. The van der Waals surface area contributed by atoms with Gasteiger partial charge in [0, 0.05) is 36.4 Å². The summed E-state index contributed by atoms with van der Waals surface area (Å²) in [7, 11) is 0. The first kappa shape index (κ1) is 21.3. The standard InChI is InChI=1S/C23H26ClN5O2/c24-17-8-4-6-15-16-7-5-9-18(22(16)29-21(15)17)28-20(30)10-2-1-3-11-27-23(31)19-14-25-12-13-26-19/h4,6,8,12-14,18,29H,1-3,5,7,9-11H2,(H,27,31)(H,28,30). The van der Waals surface area contributed by atoms with E-state index in [1.54, 1.807) is 0 Å². The topological polar surface area (TPSA) is 99.8 Å². The molecule has 31 heavy (non-hydrogen) atoms. The molecule has 3 aromatic rings. The number of amides is 2. The Kier molecular flexibility index (Phi) is 6.82. The molecule has 0 aliphatic heterocycles. The Bertz CT molecular complexity index is 1070. The largest absolute Gasteiger partial charge is 0.355 e. The van der Waals surface area contributed by atoms with Gasteiger partial charge in [-0.2, -0.15) is 0 Å². The highest BCUT2D eigenvalue weighted by Crippen LogP contribution is 2.36. The van der Waals surface area contributed by atoms with Gasteiger partial charge in [-0.05, 0) is 43.7 Å². The molecule has 0 spiro atoms. The van der Waals surface area contributed by atoms with Crippen molar-refractivity contribution in [2.24, 2.45) is 0 Å². The quantitative estimate of drug-likeness (QED) is 0.460. The highest BCUT2D eigenvalue weighted by Gasteiger charge is 2.25. The fraction of sp³-hybridized carbons (Fsp3) is 0.391. The number of carbonyl (C=O) groups is 2. The fourth-order valence-corrected chi connectivity index (χ4v) is 4.38. The molecule has 2 amide bonds. The summed E-state index contributed by atoms with van der Waals surface area (Å²) in [6, 6.07) is 5.95. The molecule has 3 N–H and O–H groups in total. The second kappa shape index (κ2) is 9.92. The van der Waals surface area contributed by atoms with Crippen LogP contribution in [0.15, 0.2) is 36.8 Å². The third-order valence-corrected chi connectivity index (χ3v) is 6.00. The zero-order valence-electron chi connectivity index (χ0n) is 17.3. The number of aromatic nitrogens is 3. The van der Waals surface area contributed by atoms with Crippen LogP contribution in [0.5, 0.6) is 0 Å². The molecule has 0 fully saturated rings. The lowest BCUT2D eigenvalue weighted by Gasteiger charge is -2.24. The van der Waals surface area contributed by atoms with Gasteiger partial charge in [0.15, 0.2) is 0 Å². The molecule has 2 heterocycles. The van der Waals surface area contributed by atoms with Crippen molar-refractivity contribution < 1.29 is 9.59 Å². The number of aryl methyl sites for hydroxylation is 1. The number of aromatic amines is 1. The Morgan fingerprint density at radius 3 is 2.94 bits per heavy atom. The van der Waals surface area contributed by atoms with E-state index in [0.29, 0.717) is 23.7 Å². The number of fused-ring (bicyclic) bond motifs is 3. The molecule has 1 unspecified atom stereocenters. The molecular weight excluding hydrogens is 414 g/mol. The van der Waals surface area contributed by atoms with Crippen molar-refractivity contribution in [3.05, 3.63) is 58.8 Å². The van der Waals surface area contributed by atoms with Gasteiger partial charge in [0.05, 0.1) is 22.8 Å².